The molecule has 2 fully saturated rings. The highest BCUT2D eigenvalue weighted by Gasteiger charge is 2.42. The van der Waals surface area contributed by atoms with Crippen LogP contribution in [0.5, 0.6) is 5.75 Å². The molecular formula is C24H27ClN4O4. The molecule has 1 N–H and O–H groups in total. The standard InChI is InChI=1S/C24H27ClN4O4/c1-33-23-7-4-17(25)12-21(23)27-8-9-28-20-6-5-18(29(31)32)10-16(20)11-19(22(28)14-27)24(30)26-13-15-2-3-15/h4-7,10,12,15,19,22H,2-3,8-9,11,13-14H2,1H3,(H,26,30)/t19-,22-/m0/s1. The van der Waals surface area contributed by atoms with Crippen molar-refractivity contribution in [1.82, 2.24) is 5.32 Å². The molecule has 1 amide bonds. The lowest BCUT2D eigenvalue weighted by Crippen LogP contribution is -2.61. The molecule has 5 rings (SSSR count). The molecule has 33 heavy (non-hydrogen) atoms. The number of hydrogen-bond acceptors (Lipinski definition) is 6. The van der Waals surface area contributed by atoms with Gasteiger partial charge in [-0.15, -0.1) is 0 Å². The molecular weight excluding hydrogens is 444 g/mol. The number of methoxy groups -OCH3 is 1. The number of rotatable bonds is 6. The van der Waals surface area contributed by atoms with Crippen LogP contribution in [0.25, 0.3) is 0 Å². The highest BCUT2D eigenvalue weighted by molar-refractivity contribution is 6.31. The fourth-order valence-electron chi connectivity index (χ4n) is 5.05. The number of hydrogen-bond donors (Lipinski definition) is 1. The van der Waals surface area contributed by atoms with Crippen LogP contribution in [0, 0.1) is 22.0 Å². The number of anilines is 2. The topological polar surface area (TPSA) is 87.9 Å². The van der Waals surface area contributed by atoms with Gasteiger partial charge in [-0.05, 0) is 55.0 Å². The van der Waals surface area contributed by atoms with Gasteiger partial charge in [-0.2, -0.15) is 0 Å². The number of non-ortho nitro benzene ring substituents is 1. The normalized spacial score (nSPS) is 21.8. The molecule has 0 unspecified atom stereocenters. The summed E-state index contributed by atoms with van der Waals surface area (Å²) in [6.07, 6.45) is 2.81. The molecule has 2 aliphatic heterocycles. The lowest BCUT2D eigenvalue weighted by molar-refractivity contribution is -0.384. The maximum absolute atomic E-state index is 13.3. The van der Waals surface area contributed by atoms with Crippen LogP contribution < -0.4 is 19.9 Å². The van der Waals surface area contributed by atoms with E-state index >= 15 is 0 Å². The van der Waals surface area contributed by atoms with Gasteiger partial charge in [0.25, 0.3) is 5.69 Å². The second-order valence-electron chi connectivity index (χ2n) is 9.09. The third-order valence-electron chi connectivity index (χ3n) is 6.99. The number of fused-ring (bicyclic) bond motifs is 3. The molecule has 2 aromatic rings. The maximum Gasteiger partial charge on any atom is 0.269 e. The Kier molecular flexibility index (Phi) is 5.78. The zero-order valence-electron chi connectivity index (χ0n) is 18.5. The molecule has 174 valence electrons. The van der Waals surface area contributed by atoms with Gasteiger partial charge in [0.05, 0.1) is 29.7 Å². The van der Waals surface area contributed by atoms with Crippen molar-refractivity contribution in [2.24, 2.45) is 11.8 Å². The number of nitrogens with one attached hydrogen (secondary N) is 1. The van der Waals surface area contributed by atoms with Crippen LogP contribution in [0.3, 0.4) is 0 Å². The van der Waals surface area contributed by atoms with Crippen LogP contribution in [0.4, 0.5) is 17.1 Å². The second kappa shape index (κ2) is 8.74. The van der Waals surface area contributed by atoms with Gasteiger partial charge in [0.15, 0.2) is 0 Å². The van der Waals surface area contributed by atoms with Crippen LogP contribution in [0.15, 0.2) is 36.4 Å². The number of ether oxygens (including phenoxy) is 1. The molecule has 1 saturated carbocycles. The van der Waals surface area contributed by atoms with Gasteiger partial charge in [-0.3, -0.25) is 14.9 Å². The molecule has 2 heterocycles. The Morgan fingerprint density at radius 3 is 2.76 bits per heavy atom. The Morgan fingerprint density at radius 1 is 1.21 bits per heavy atom. The molecule has 0 spiro atoms. The van der Waals surface area contributed by atoms with Crippen molar-refractivity contribution < 1.29 is 14.5 Å². The highest BCUT2D eigenvalue weighted by atomic mass is 35.5. The predicted molar refractivity (Wildman–Crippen MR) is 127 cm³/mol. The summed E-state index contributed by atoms with van der Waals surface area (Å²) in [6, 6.07) is 10.5. The molecule has 3 aliphatic rings. The Bertz CT molecular complexity index is 1090. The predicted octanol–water partition coefficient (Wildman–Crippen LogP) is 3.65. The van der Waals surface area contributed by atoms with E-state index in [1.807, 2.05) is 18.2 Å². The third kappa shape index (κ3) is 4.31. The molecule has 2 aromatic carbocycles. The number of carbonyl (C=O) groups is 1. The van der Waals surface area contributed by atoms with E-state index in [-0.39, 0.29) is 28.5 Å². The first-order chi connectivity index (χ1) is 15.9. The van der Waals surface area contributed by atoms with Crippen molar-refractivity contribution in [3.8, 4) is 5.75 Å². The van der Waals surface area contributed by atoms with Crippen LogP contribution in [-0.4, -0.2) is 50.2 Å². The van der Waals surface area contributed by atoms with E-state index < -0.39 is 0 Å². The Labute approximate surface area is 197 Å². The van der Waals surface area contributed by atoms with E-state index in [0.29, 0.717) is 37.0 Å². The average molecular weight is 471 g/mol. The number of nitro groups is 1. The van der Waals surface area contributed by atoms with Crippen molar-refractivity contribution in [2.45, 2.75) is 25.3 Å². The van der Waals surface area contributed by atoms with Gasteiger partial charge in [-0.25, -0.2) is 0 Å². The van der Waals surface area contributed by atoms with Gasteiger partial charge in [0.1, 0.15) is 5.75 Å². The largest absolute Gasteiger partial charge is 0.495 e. The van der Waals surface area contributed by atoms with Crippen LogP contribution >= 0.6 is 11.6 Å². The summed E-state index contributed by atoms with van der Waals surface area (Å²) < 4.78 is 5.57. The monoisotopic (exact) mass is 470 g/mol. The summed E-state index contributed by atoms with van der Waals surface area (Å²) >= 11 is 6.28. The molecule has 0 bridgehead atoms. The number of halogens is 1. The third-order valence-corrected chi connectivity index (χ3v) is 7.22. The van der Waals surface area contributed by atoms with Gasteiger partial charge >= 0.3 is 0 Å². The van der Waals surface area contributed by atoms with Gasteiger partial charge in [-0.1, -0.05) is 11.6 Å². The molecule has 2 atom stereocenters. The zero-order valence-corrected chi connectivity index (χ0v) is 19.3. The average Bonchev–Trinajstić information content (AvgIpc) is 3.65. The molecule has 1 saturated heterocycles. The van der Waals surface area contributed by atoms with Crippen molar-refractivity contribution in [1.29, 1.82) is 0 Å². The Hall–Kier alpha value is -3.00. The zero-order chi connectivity index (χ0) is 23.1. The van der Waals surface area contributed by atoms with Crippen LogP contribution in [0.2, 0.25) is 5.02 Å². The maximum atomic E-state index is 13.3. The van der Waals surface area contributed by atoms with E-state index in [9.17, 15) is 14.9 Å². The smallest absolute Gasteiger partial charge is 0.269 e. The first-order valence-corrected chi connectivity index (χ1v) is 11.7. The van der Waals surface area contributed by atoms with Crippen molar-refractivity contribution in [2.75, 3.05) is 43.1 Å². The fraction of sp³-hybridized carbons (Fsp3) is 0.458. The van der Waals surface area contributed by atoms with Crippen molar-refractivity contribution >= 4 is 34.6 Å². The fourth-order valence-corrected chi connectivity index (χ4v) is 5.22. The number of piperazine rings is 1. The number of carbonyl (C=O) groups excluding carboxylic acids is 1. The first kappa shape index (κ1) is 21.8. The number of nitrogens with zero attached hydrogens (tertiary/aromatic N) is 3. The lowest BCUT2D eigenvalue weighted by atomic mass is 9.83. The Balaban J connectivity index is 1.47. The molecule has 0 radical (unpaired) electrons. The summed E-state index contributed by atoms with van der Waals surface area (Å²) in [5.74, 6) is 1.05. The van der Waals surface area contributed by atoms with E-state index in [1.54, 1.807) is 25.3 Å². The first-order valence-electron chi connectivity index (χ1n) is 11.3. The van der Waals surface area contributed by atoms with E-state index in [1.165, 1.54) is 0 Å². The quantitative estimate of drug-likeness (QED) is 0.512. The van der Waals surface area contributed by atoms with Crippen molar-refractivity contribution in [3.63, 3.8) is 0 Å². The summed E-state index contributed by atoms with van der Waals surface area (Å²) in [7, 11) is 1.64. The minimum atomic E-state index is -0.377. The van der Waals surface area contributed by atoms with E-state index in [4.69, 9.17) is 16.3 Å². The molecule has 0 aromatic heterocycles. The van der Waals surface area contributed by atoms with Gasteiger partial charge in [0, 0.05) is 49.0 Å². The SMILES string of the molecule is COc1ccc(Cl)cc1N1CCN2c3ccc([N+](=O)[O-])cc3C[C@H](C(=O)NCC3CC3)[C@@H]2C1. The minimum absolute atomic E-state index is 0.0222. The van der Waals surface area contributed by atoms with Crippen LogP contribution in [0.1, 0.15) is 18.4 Å². The minimum Gasteiger partial charge on any atom is -0.495 e. The highest BCUT2D eigenvalue weighted by Crippen LogP contribution is 2.40. The Morgan fingerprint density at radius 2 is 2.03 bits per heavy atom. The number of amides is 1. The summed E-state index contributed by atoms with van der Waals surface area (Å²) in [5.41, 5.74) is 2.82. The summed E-state index contributed by atoms with van der Waals surface area (Å²) in [6.45, 7) is 2.75. The molecule has 8 nitrogen and oxygen atoms in total. The van der Waals surface area contributed by atoms with E-state index in [2.05, 4.69) is 15.1 Å². The summed E-state index contributed by atoms with van der Waals surface area (Å²) in [5, 5.41) is 15.1. The van der Waals surface area contributed by atoms with E-state index in [0.717, 1.165) is 42.1 Å². The second-order valence-corrected chi connectivity index (χ2v) is 9.53. The number of benzene rings is 2. The summed E-state index contributed by atoms with van der Waals surface area (Å²) in [4.78, 5) is 28.7. The van der Waals surface area contributed by atoms with Crippen molar-refractivity contribution in [3.05, 3.63) is 57.1 Å². The van der Waals surface area contributed by atoms with Crippen LogP contribution in [-0.2, 0) is 11.2 Å². The van der Waals surface area contributed by atoms with Gasteiger partial charge in [0.2, 0.25) is 5.91 Å². The van der Waals surface area contributed by atoms with Gasteiger partial charge < -0.3 is 19.9 Å². The lowest BCUT2D eigenvalue weighted by Gasteiger charge is -2.49. The number of nitro benzene ring substituents is 1. The molecule has 9 heteroatoms. The molecule has 1 aliphatic carbocycles.